The van der Waals surface area contributed by atoms with Crippen molar-refractivity contribution in [1.29, 1.82) is 0 Å². The van der Waals surface area contributed by atoms with Gasteiger partial charge in [0.2, 0.25) is 0 Å². The van der Waals surface area contributed by atoms with Gasteiger partial charge < -0.3 is 9.67 Å². The monoisotopic (exact) mass is 238 g/mol. The van der Waals surface area contributed by atoms with Gasteiger partial charge in [0.25, 0.3) is 0 Å². The summed E-state index contributed by atoms with van der Waals surface area (Å²) in [4.78, 5) is 22.6. The van der Waals surface area contributed by atoms with Crippen molar-refractivity contribution < 1.29 is 9.90 Å². The van der Waals surface area contributed by atoms with Crippen molar-refractivity contribution in [3.8, 4) is 11.6 Å². The van der Waals surface area contributed by atoms with Gasteiger partial charge in [0.15, 0.2) is 17.3 Å². The van der Waals surface area contributed by atoms with Crippen LogP contribution in [0.5, 0.6) is 0 Å². The van der Waals surface area contributed by atoms with Crippen LogP contribution in [0.4, 0.5) is 0 Å². The summed E-state index contributed by atoms with van der Waals surface area (Å²) in [7, 11) is 1.76. The van der Waals surface area contributed by atoms with Crippen molar-refractivity contribution in [2.45, 2.75) is 0 Å². The van der Waals surface area contributed by atoms with Gasteiger partial charge in [0, 0.05) is 19.4 Å². The molecule has 1 N–H and O–H groups in total. The molecule has 6 nitrogen and oxygen atoms in total. The van der Waals surface area contributed by atoms with Crippen LogP contribution in [0.3, 0.4) is 0 Å². The number of nitrogens with zero attached hydrogens (tertiary/aromatic N) is 4. The number of carboxylic acids is 1. The first-order chi connectivity index (χ1) is 7.59. The highest BCUT2D eigenvalue weighted by Gasteiger charge is 2.15. The quantitative estimate of drug-likeness (QED) is 0.851. The Kier molecular flexibility index (Phi) is 2.57. The SMILES string of the molecule is Cn1ccnc1-c1ncc(Cl)c(C(=O)O)n1. The first-order valence-corrected chi connectivity index (χ1v) is 4.71. The fourth-order valence-corrected chi connectivity index (χ4v) is 1.38. The molecule has 0 aliphatic carbocycles. The number of halogens is 1. The Morgan fingerprint density at radius 1 is 1.50 bits per heavy atom. The molecule has 0 spiro atoms. The zero-order chi connectivity index (χ0) is 11.7. The second-order valence-electron chi connectivity index (χ2n) is 3.06. The molecule has 0 saturated carbocycles. The molecule has 2 aromatic rings. The molecule has 0 aliphatic heterocycles. The lowest BCUT2D eigenvalue weighted by molar-refractivity contribution is 0.0690. The zero-order valence-corrected chi connectivity index (χ0v) is 9.01. The highest BCUT2D eigenvalue weighted by Crippen LogP contribution is 2.17. The maximum atomic E-state index is 10.8. The first-order valence-electron chi connectivity index (χ1n) is 4.33. The van der Waals surface area contributed by atoms with E-state index in [4.69, 9.17) is 16.7 Å². The molecule has 82 valence electrons. The number of imidazole rings is 1. The minimum atomic E-state index is -1.19. The molecule has 0 aromatic carbocycles. The van der Waals surface area contributed by atoms with Gasteiger partial charge in [-0.25, -0.2) is 19.7 Å². The minimum absolute atomic E-state index is 0.00505. The van der Waals surface area contributed by atoms with Gasteiger partial charge in [0.1, 0.15) is 0 Å². The summed E-state index contributed by atoms with van der Waals surface area (Å²) < 4.78 is 1.69. The highest BCUT2D eigenvalue weighted by atomic mass is 35.5. The van der Waals surface area contributed by atoms with E-state index >= 15 is 0 Å². The Morgan fingerprint density at radius 3 is 2.81 bits per heavy atom. The van der Waals surface area contributed by atoms with Gasteiger partial charge in [-0.15, -0.1) is 0 Å². The van der Waals surface area contributed by atoms with E-state index in [0.717, 1.165) is 0 Å². The molecule has 0 unspecified atom stereocenters. The summed E-state index contributed by atoms with van der Waals surface area (Å²) in [5, 5.41) is 8.86. The summed E-state index contributed by atoms with van der Waals surface area (Å²) in [6.45, 7) is 0. The Hall–Kier alpha value is -1.95. The first kappa shape index (κ1) is 10.6. The molecule has 0 saturated heterocycles. The normalized spacial score (nSPS) is 10.4. The third-order valence-electron chi connectivity index (χ3n) is 1.97. The Balaban J connectivity index is 2.56. The number of hydrogen-bond donors (Lipinski definition) is 1. The average molecular weight is 239 g/mol. The average Bonchev–Trinajstić information content (AvgIpc) is 2.65. The van der Waals surface area contributed by atoms with E-state index in [2.05, 4.69) is 15.0 Å². The van der Waals surface area contributed by atoms with E-state index in [9.17, 15) is 4.79 Å². The molecule has 2 heterocycles. The van der Waals surface area contributed by atoms with Crippen molar-refractivity contribution >= 4 is 17.6 Å². The predicted molar refractivity (Wildman–Crippen MR) is 56.2 cm³/mol. The highest BCUT2D eigenvalue weighted by molar-refractivity contribution is 6.33. The molecule has 16 heavy (non-hydrogen) atoms. The van der Waals surface area contributed by atoms with Crippen molar-refractivity contribution in [3.05, 3.63) is 29.3 Å². The Labute approximate surface area is 95.6 Å². The number of aryl methyl sites for hydroxylation is 1. The maximum absolute atomic E-state index is 10.8. The number of aromatic carboxylic acids is 1. The molecule has 2 rings (SSSR count). The Bertz CT molecular complexity index is 552. The summed E-state index contributed by atoms with van der Waals surface area (Å²) in [5.41, 5.74) is -0.227. The standard InChI is InChI=1S/C9H7ClN4O2/c1-14-3-2-11-8(14)7-12-4-5(10)6(13-7)9(15)16/h2-4H,1H3,(H,15,16). The number of aromatic nitrogens is 4. The topological polar surface area (TPSA) is 80.9 Å². The number of rotatable bonds is 2. The van der Waals surface area contributed by atoms with E-state index in [1.54, 1.807) is 24.0 Å². The number of hydrogen-bond acceptors (Lipinski definition) is 4. The molecule has 7 heteroatoms. The third-order valence-corrected chi connectivity index (χ3v) is 2.24. The van der Waals surface area contributed by atoms with E-state index in [1.165, 1.54) is 6.20 Å². The van der Waals surface area contributed by atoms with Crippen LogP contribution in [0.1, 0.15) is 10.5 Å². The molecule has 0 amide bonds. The van der Waals surface area contributed by atoms with Crippen LogP contribution in [0.15, 0.2) is 18.6 Å². The van der Waals surface area contributed by atoms with Crippen LogP contribution in [0, 0.1) is 0 Å². The van der Waals surface area contributed by atoms with E-state index in [1.807, 2.05) is 0 Å². The molecule has 0 atom stereocenters. The molecule has 0 fully saturated rings. The van der Waals surface area contributed by atoms with Crippen LogP contribution in [-0.2, 0) is 7.05 Å². The minimum Gasteiger partial charge on any atom is -0.476 e. The summed E-state index contributed by atoms with van der Waals surface area (Å²) in [6, 6.07) is 0. The van der Waals surface area contributed by atoms with Gasteiger partial charge in [0.05, 0.1) is 11.2 Å². The molecule has 2 aromatic heterocycles. The lowest BCUT2D eigenvalue weighted by Crippen LogP contribution is -2.05. The van der Waals surface area contributed by atoms with Crippen LogP contribution >= 0.6 is 11.6 Å². The molecular formula is C9H7ClN4O2. The van der Waals surface area contributed by atoms with Crippen LogP contribution in [-0.4, -0.2) is 30.6 Å². The van der Waals surface area contributed by atoms with Gasteiger partial charge >= 0.3 is 5.97 Å². The van der Waals surface area contributed by atoms with E-state index in [0.29, 0.717) is 5.82 Å². The van der Waals surface area contributed by atoms with Crippen LogP contribution in [0.2, 0.25) is 5.02 Å². The van der Waals surface area contributed by atoms with Crippen LogP contribution in [0.25, 0.3) is 11.6 Å². The largest absolute Gasteiger partial charge is 0.476 e. The van der Waals surface area contributed by atoms with E-state index in [-0.39, 0.29) is 16.5 Å². The number of carbonyl (C=O) groups is 1. The molecular weight excluding hydrogens is 232 g/mol. The van der Waals surface area contributed by atoms with Gasteiger partial charge in [-0.1, -0.05) is 11.6 Å². The Morgan fingerprint density at radius 2 is 2.25 bits per heavy atom. The summed E-state index contributed by atoms with van der Waals surface area (Å²) >= 11 is 5.66. The van der Waals surface area contributed by atoms with Crippen molar-refractivity contribution in [2.75, 3.05) is 0 Å². The second-order valence-corrected chi connectivity index (χ2v) is 3.46. The second kappa shape index (κ2) is 3.90. The number of carboxylic acid groups (broad SMARTS) is 1. The predicted octanol–water partition coefficient (Wildman–Crippen LogP) is 1.23. The maximum Gasteiger partial charge on any atom is 0.356 e. The fraction of sp³-hybridized carbons (Fsp3) is 0.111. The summed E-state index contributed by atoms with van der Waals surface area (Å²) in [5.74, 6) is -0.476. The smallest absolute Gasteiger partial charge is 0.356 e. The van der Waals surface area contributed by atoms with Gasteiger partial charge in [-0.2, -0.15) is 0 Å². The third kappa shape index (κ3) is 1.74. The zero-order valence-electron chi connectivity index (χ0n) is 8.25. The van der Waals surface area contributed by atoms with Gasteiger partial charge in [-0.05, 0) is 0 Å². The van der Waals surface area contributed by atoms with Crippen LogP contribution < -0.4 is 0 Å². The van der Waals surface area contributed by atoms with Crippen molar-refractivity contribution in [1.82, 2.24) is 19.5 Å². The van der Waals surface area contributed by atoms with E-state index < -0.39 is 5.97 Å². The lowest BCUT2D eigenvalue weighted by atomic mass is 10.4. The lowest BCUT2D eigenvalue weighted by Gasteiger charge is -2.02. The summed E-state index contributed by atoms with van der Waals surface area (Å²) in [6.07, 6.45) is 4.55. The van der Waals surface area contributed by atoms with Gasteiger partial charge in [-0.3, -0.25) is 0 Å². The van der Waals surface area contributed by atoms with Crippen molar-refractivity contribution in [2.24, 2.45) is 7.05 Å². The van der Waals surface area contributed by atoms with Crippen molar-refractivity contribution in [3.63, 3.8) is 0 Å². The molecule has 0 aliphatic rings. The molecule has 0 radical (unpaired) electrons. The molecule has 0 bridgehead atoms. The fourth-order valence-electron chi connectivity index (χ4n) is 1.21.